The van der Waals surface area contributed by atoms with Gasteiger partial charge < -0.3 is 5.11 Å². The lowest BCUT2D eigenvalue weighted by atomic mass is 10.1. The summed E-state index contributed by atoms with van der Waals surface area (Å²) in [6.07, 6.45) is 2.71. The molecule has 0 saturated carbocycles. The average Bonchev–Trinajstić information content (AvgIpc) is 2.86. The van der Waals surface area contributed by atoms with Gasteiger partial charge in [0.15, 0.2) is 0 Å². The Kier molecular flexibility index (Phi) is 3.28. The third-order valence-corrected chi connectivity index (χ3v) is 2.87. The zero-order valence-electron chi connectivity index (χ0n) is 10.5. The third kappa shape index (κ3) is 2.55. The molecule has 0 aliphatic carbocycles. The molecule has 1 unspecified atom stereocenters. The van der Waals surface area contributed by atoms with Crippen LogP contribution in [0.25, 0.3) is 0 Å². The van der Waals surface area contributed by atoms with Crippen LogP contribution in [0.3, 0.4) is 0 Å². The molecule has 92 valence electrons. The summed E-state index contributed by atoms with van der Waals surface area (Å²) in [5.74, 6) is 0. The predicted molar refractivity (Wildman–Crippen MR) is 64.5 cm³/mol. The standard InChI is InChI=1S/C12H18N4O/c1-4-9-7-10(16(3)13-9)8-12(17)11-5-6-15(2)14-11/h5-7,12,17H,4,8H2,1-3H3. The monoisotopic (exact) mass is 234 g/mol. The molecule has 0 fully saturated rings. The van der Waals surface area contributed by atoms with Gasteiger partial charge >= 0.3 is 0 Å². The molecular formula is C12H18N4O. The molecule has 2 aromatic heterocycles. The molecule has 0 saturated heterocycles. The molecule has 5 heteroatoms. The van der Waals surface area contributed by atoms with E-state index in [1.54, 1.807) is 4.68 Å². The number of aryl methyl sites for hydroxylation is 3. The van der Waals surface area contributed by atoms with Gasteiger partial charge in [0.25, 0.3) is 0 Å². The van der Waals surface area contributed by atoms with Gasteiger partial charge in [-0.15, -0.1) is 0 Å². The highest BCUT2D eigenvalue weighted by Crippen LogP contribution is 2.16. The maximum absolute atomic E-state index is 10.1. The van der Waals surface area contributed by atoms with Crippen molar-refractivity contribution in [1.29, 1.82) is 0 Å². The van der Waals surface area contributed by atoms with Gasteiger partial charge in [0.2, 0.25) is 0 Å². The Morgan fingerprint density at radius 3 is 2.65 bits per heavy atom. The highest BCUT2D eigenvalue weighted by atomic mass is 16.3. The molecule has 1 N–H and O–H groups in total. The molecule has 17 heavy (non-hydrogen) atoms. The first-order valence-electron chi connectivity index (χ1n) is 5.79. The van der Waals surface area contributed by atoms with Crippen LogP contribution in [0.1, 0.15) is 30.1 Å². The van der Waals surface area contributed by atoms with Crippen LogP contribution in [0.2, 0.25) is 0 Å². The molecule has 0 aliphatic heterocycles. The number of rotatable bonds is 4. The normalized spacial score (nSPS) is 12.9. The zero-order chi connectivity index (χ0) is 12.4. The highest BCUT2D eigenvalue weighted by Gasteiger charge is 2.14. The molecule has 0 aromatic carbocycles. The lowest BCUT2D eigenvalue weighted by Gasteiger charge is -2.07. The van der Waals surface area contributed by atoms with Gasteiger partial charge in [0, 0.05) is 32.4 Å². The van der Waals surface area contributed by atoms with Gasteiger partial charge in [-0.1, -0.05) is 6.92 Å². The van der Waals surface area contributed by atoms with E-state index in [0.29, 0.717) is 12.1 Å². The van der Waals surface area contributed by atoms with Gasteiger partial charge in [0.1, 0.15) is 6.10 Å². The Bertz CT molecular complexity index is 500. The van der Waals surface area contributed by atoms with Crippen LogP contribution < -0.4 is 0 Å². The van der Waals surface area contributed by atoms with Crippen molar-refractivity contribution >= 4 is 0 Å². The van der Waals surface area contributed by atoms with Crippen molar-refractivity contribution in [3.63, 3.8) is 0 Å². The zero-order valence-corrected chi connectivity index (χ0v) is 10.5. The van der Waals surface area contributed by atoms with E-state index in [1.165, 1.54) is 0 Å². The van der Waals surface area contributed by atoms with Crippen molar-refractivity contribution in [1.82, 2.24) is 19.6 Å². The average molecular weight is 234 g/mol. The largest absolute Gasteiger partial charge is 0.386 e. The first-order chi connectivity index (χ1) is 8.10. The van der Waals surface area contributed by atoms with Gasteiger partial charge in [0.05, 0.1) is 11.4 Å². The number of aromatic nitrogens is 4. The predicted octanol–water partition coefficient (Wildman–Crippen LogP) is 0.992. The Balaban J connectivity index is 2.12. The second-order valence-corrected chi connectivity index (χ2v) is 4.24. The van der Waals surface area contributed by atoms with Crippen molar-refractivity contribution in [2.24, 2.45) is 14.1 Å². The second kappa shape index (κ2) is 4.71. The van der Waals surface area contributed by atoms with Crippen LogP contribution in [0.4, 0.5) is 0 Å². The van der Waals surface area contributed by atoms with Crippen LogP contribution in [0.5, 0.6) is 0 Å². The Morgan fingerprint density at radius 2 is 2.12 bits per heavy atom. The van der Waals surface area contributed by atoms with E-state index < -0.39 is 6.10 Å². The first-order valence-corrected chi connectivity index (χ1v) is 5.79. The number of hydrogen-bond acceptors (Lipinski definition) is 3. The highest BCUT2D eigenvalue weighted by molar-refractivity contribution is 5.14. The van der Waals surface area contributed by atoms with E-state index in [9.17, 15) is 5.11 Å². The van der Waals surface area contributed by atoms with Gasteiger partial charge in [-0.05, 0) is 18.6 Å². The van der Waals surface area contributed by atoms with E-state index >= 15 is 0 Å². The Hall–Kier alpha value is -1.62. The fraction of sp³-hybridized carbons (Fsp3) is 0.500. The summed E-state index contributed by atoms with van der Waals surface area (Å²) >= 11 is 0. The first kappa shape index (κ1) is 11.9. The van der Waals surface area contributed by atoms with Crippen LogP contribution in [0, 0.1) is 0 Å². The fourth-order valence-electron chi connectivity index (χ4n) is 1.85. The molecule has 0 bridgehead atoms. The molecule has 1 atom stereocenters. The summed E-state index contributed by atoms with van der Waals surface area (Å²) in [4.78, 5) is 0. The second-order valence-electron chi connectivity index (χ2n) is 4.24. The molecule has 2 rings (SSSR count). The van der Waals surface area contributed by atoms with Gasteiger partial charge in [-0.2, -0.15) is 10.2 Å². The molecule has 2 aromatic rings. The van der Waals surface area contributed by atoms with E-state index in [0.717, 1.165) is 17.8 Å². The lowest BCUT2D eigenvalue weighted by Crippen LogP contribution is -2.07. The molecule has 2 heterocycles. The van der Waals surface area contributed by atoms with Gasteiger partial charge in [-0.25, -0.2) is 0 Å². The quantitative estimate of drug-likeness (QED) is 0.858. The van der Waals surface area contributed by atoms with E-state index in [2.05, 4.69) is 17.1 Å². The van der Waals surface area contributed by atoms with Crippen molar-refractivity contribution in [3.05, 3.63) is 35.4 Å². The number of nitrogens with zero attached hydrogens (tertiary/aromatic N) is 4. The van der Waals surface area contributed by atoms with Crippen LogP contribution in [0.15, 0.2) is 18.3 Å². The fourth-order valence-corrected chi connectivity index (χ4v) is 1.85. The van der Waals surface area contributed by atoms with Crippen LogP contribution >= 0.6 is 0 Å². The summed E-state index contributed by atoms with van der Waals surface area (Å²) in [6.45, 7) is 2.07. The molecule has 0 amide bonds. The molecule has 0 aliphatic rings. The van der Waals surface area contributed by atoms with Crippen LogP contribution in [-0.4, -0.2) is 24.7 Å². The summed E-state index contributed by atoms with van der Waals surface area (Å²) in [6, 6.07) is 3.87. The smallest absolute Gasteiger partial charge is 0.103 e. The van der Waals surface area contributed by atoms with Crippen molar-refractivity contribution in [2.75, 3.05) is 0 Å². The lowest BCUT2D eigenvalue weighted by molar-refractivity contribution is 0.170. The van der Waals surface area contributed by atoms with Gasteiger partial charge in [-0.3, -0.25) is 9.36 Å². The van der Waals surface area contributed by atoms with E-state index in [-0.39, 0.29) is 0 Å². The number of hydrogen-bond donors (Lipinski definition) is 1. The van der Waals surface area contributed by atoms with E-state index in [4.69, 9.17) is 0 Å². The van der Waals surface area contributed by atoms with Crippen molar-refractivity contribution in [2.45, 2.75) is 25.9 Å². The molecule has 0 spiro atoms. The summed E-state index contributed by atoms with van der Waals surface area (Å²) in [5.41, 5.74) is 2.78. The SMILES string of the molecule is CCc1cc(CC(O)c2ccn(C)n2)n(C)n1. The van der Waals surface area contributed by atoms with Crippen molar-refractivity contribution < 1.29 is 5.11 Å². The molecule has 5 nitrogen and oxygen atoms in total. The topological polar surface area (TPSA) is 55.9 Å². The van der Waals surface area contributed by atoms with Crippen LogP contribution in [-0.2, 0) is 26.9 Å². The molecular weight excluding hydrogens is 216 g/mol. The maximum atomic E-state index is 10.1. The van der Waals surface area contributed by atoms with E-state index in [1.807, 2.05) is 37.1 Å². The minimum absolute atomic E-state index is 0.542. The Morgan fingerprint density at radius 1 is 1.35 bits per heavy atom. The summed E-state index contributed by atoms with van der Waals surface area (Å²) in [5, 5.41) is 18.6. The van der Waals surface area contributed by atoms with Crippen molar-refractivity contribution in [3.8, 4) is 0 Å². The maximum Gasteiger partial charge on any atom is 0.103 e. The Labute approximate surface area is 101 Å². The molecule has 0 radical (unpaired) electrons. The number of aliphatic hydroxyl groups is 1. The summed E-state index contributed by atoms with van der Waals surface area (Å²) in [7, 11) is 3.75. The third-order valence-electron chi connectivity index (χ3n) is 2.87. The minimum Gasteiger partial charge on any atom is -0.386 e. The number of aliphatic hydroxyl groups excluding tert-OH is 1. The minimum atomic E-state index is -0.573. The summed E-state index contributed by atoms with van der Waals surface area (Å²) < 4.78 is 3.52.